The highest BCUT2D eigenvalue weighted by Crippen LogP contribution is 2.28. The second kappa shape index (κ2) is 5.69. The normalized spacial score (nSPS) is 13.6. The topological polar surface area (TPSA) is 87.0 Å². The van der Waals surface area contributed by atoms with Crippen molar-refractivity contribution in [1.29, 1.82) is 0 Å². The van der Waals surface area contributed by atoms with Crippen molar-refractivity contribution in [3.05, 3.63) is 21.5 Å². The van der Waals surface area contributed by atoms with Gasteiger partial charge < -0.3 is 5.73 Å². The molecular weight excluding hydrogens is 244 g/mol. The van der Waals surface area contributed by atoms with Crippen molar-refractivity contribution in [2.75, 3.05) is 0 Å². The molecule has 6 heteroatoms. The molecule has 1 atom stereocenters. The van der Waals surface area contributed by atoms with Gasteiger partial charge in [-0.25, -0.2) is 0 Å². The van der Waals surface area contributed by atoms with Crippen LogP contribution in [0.15, 0.2) is 0 Å². The van der Waals surface area contributed by atoms with Crippen LogP contribution in [0.1, 0.15) is 45.5 Å². The Labute approximate surface area is 114 Å². The van der Waals surface area contributed by atoms with Gasteiger partial charge in [0.05, 0.1) is 4.92 Å². The van der Waals surface area contributed by atoms with Crippen molar-refractivity contribution in [3.8, 4) is 0 Å². The Bertz CT molecular complexity index is 460. The van der Waals surface area contributed by atoms with Crippen LogP contribution in [0, 0.1) is 15.5 Å². The van der Waals surface area contributed by atoms with E-state index in [1.165, 1.54) is 0 Å². The lowest BCUT2D eigenvalue weighted by Crippen LogP contribution is -2.37. The number of nitrogens with two attached hydrogens (primary N) is 1. The first-order valence-corrected chi connectivity index (χ1v) is 6.63. The summed E-state index contributed by atoms with van der Waals surface area (Å²) in [4.78, 5) is 10.9. The van der Waals surface area contributed by atoms with Gasteiger partial charge in [0.25, 0.3) is 0 Å². The van der Waals surface area contributed by atoms with Crippen LogP contribution >= 0.6 is 0 Å². The molecule has 0 aliphatic heterocycles. The SMILES string of the molecule is CCCc1nn(C)c(CC(N)C(C)(C)C)c1[N+](=O)[O-]. The number of rotatable bonds is 5. The highest BCUT2D eigenvalue weighted by Gasteiger charge is 2.30. The van der Waals surface area contributed by atoms with E-state index in [9.17, 15) is 10.1 Å². The summed E-state index contributed by atoms with van der Waals surface area (Å²) < 4.78 is 1.61. The molecule has 108 valence electrons. The van der Waals surface area contributed by atoms with Gasteiger partial charge in [-0.2, -0.15) is 5.10 Å². The smallest absolute Gasteiger partial charge is 0.313 e. The average molecular weight is 268 g/mol. The fourth-order valence-electron chi connectivity index (χ4n) is 1.97. The minimum Gasteiger partial charge on any atom is -0.327 e. The van der Waals surface area contributed by atoms with E-state index >= 15 is 0 Å². The molecule has 0 aliphatic rings. The Hall–Kier alpha value is -1.43. The molecule has 0 radical (unpaired) electrons. The predicted octanol–water partition coefficient (Wildman–Crippen LogP) is 2.20. The second-order valence-corrected chi connectivity index (χ2v) is 6.05. The number of aromatic nitrogens is 2. The summed E-state index contributed by atoms with van der Waals surface area (Å²) in [5.41, 5.74) is 7.37. The molecule has 0 spiro atoms. The van der Waals surface area contributed by atoms with E-state index in [1.54, 1.807) is 11.7 Å². The third-order valence-corrected chi connectivity index (χ3v) is 3.40. The molecule has 1 heterocycles. The monoisotopic (exact) mass is 268 g/mol. The van der Waals surface area contributed by atoms with Crippen LogP contribution in [0.5, 0.6) is 0 Å². The van der Waals surface area contributed by atoms with Gasteiger partial charge in [-0.05, 0) is 11.8 Å². The Morgan fingerprint density at radius 1 is 1.47 bits per heavy atom. The van der Waals surface area contributed by atoms with E-state index in [0.717, 1.165) is 6.42 Å². The lowest BCUT2D eigenvalue weighted by Gasteiger charge is -2.26. The van der Waals surface area contributed by atoms with Crippen LogP contribution < -0.4 is 5.73 Å². The molecule has 0 aliphatic carbocycles. The standard InChI is InChI=1S/C13H24N4O2/c1-6-7-9-12(17(18)19)10(16(5)15-9)8-11(14)13(2,3)4/h11H,6-8,14H2,1-5H3. The van der Waals surface area contributed by atoms with Gasteiger partial charge >= 0.3 is 5.69 Å². The van der Waals surface area contributed by atoms with Gasteiger partial charge in [-0.15, -0.1) is 0 Å². The summed E-state index contributed by atoms with van der Waals surface area (Å²) in [5, 5.41) is 15.5. The lowest BCUT2D eigenvalue weighted by atomic mass is 9.84. The fourth-order valence-corrected chi connectivity index (χ4v) is 1.97. The van der Waals surface area contributed by atoms with Gasteiger partial charge in [0.1, 0.15) is 11.4 Å². The van der Waals surface area contributed by atoms with Gasteiger partial charge in [0.15, 0.2) is 0 Å². The van der Waals surface area contributed by atoms with E-state index in [4.69, 9.17) is 5.73 Å². The van der Waals surface area contributed by atoms with Crippen molar-refractivity contribution in [3.63, 3.8) is 0 Å². The third-order valence-electron chi connectivity index (χ3n) is 3.40. The van der Waals surface area contributed by atoms with E-state index < -0.39 is 0 Å². The molecule has 0 saturated heterocycles. The quantitative estimate of drug-likeness (QED) is 0.655. The number of hydrogen-bond acceptors (Lipinski definition) is 4. The summed E-state index contributed by atoms with van der Waals surface area (Å²) in [6, 6.07) is -0.143. The molecule has 19 heavy (non-hydrogen) atoms. The molecule has 0 saturated carbocycles. The Morgan fingerprint density at radius 2 is 2.05 bits per heavy atom. The third kappa shape index (κ3) is 3.53. The molecule has 2 N–H and O–H groups in total. The zero-order chi connectivity index (χ0) is 14.8. The second-order valence-electron chi connectivity index (χ2n) is 6.05. The van der Waals surface area contributed by atoms with E-state index in [2.05, 4.69) is 5.10 Å². The summed E-state index contributed by atoms with van der Waals surface area (Å²) in [6.45, 7) is 8.09. The first-order chi connectivity index (χ1) is 8.68. The molecule has 1 unspecified atom stereocenters. The zero-order valence-corrected chi connectivity index (χ0v) is 12.4. The van der Waals surface area contributed by atoms with E-state index in [0.29, 0.717) is 24.2 Å². The maximum Gasteiger partial charge on any atom is 0.313 e. The maximum absolute atomic E-state index is 11.3. The molecule has 0 bridgehead atoms. The van der Waals surface area contributed by atoms with Gasteiger partial charge in [0, 0.05) is 19.5 Å². The average Bonchev–Trinajstić information content (AvgIpc) is 2.54. The number of aryl methyl sites for hydroxylation is 2. The van der Waals surface area contributed by atoms with E-state index in [1.807, 2.05) is 27.7 Å². The minimum atomic E-state index is -0.331. The van der Waals surface area contributed by atoms with Crippen molar-refractivity contribution >= 4 is 5.69 Å². The van der Waals surface area contributed by atoms with Crippen molar-refractivity contribution in [1.82, 2.24) is 9.78 Å². The van der Waals surface area contributed by atoms with Gasteiger partial charge in [0.2, 0.25) is 0 Å². The fraction of sp³-hybridized carbons (Fsp3) is 0.769. The number of nitro groups is 1. The minimum absolute atomic E-state index is 0.0942. The molecule has 6 nitrogen and oxygen atoms in total. The molecule has 1 rings (SSSR count). The number of nitrogens with zero attached hydrogens (tertiary/aromatic N) is 3. The first kappa shape index (κ1) is 15.6. The summed E-state index contributed by atoms with van der Waals surface area (Å²) in [5.74, 6) is 0. The largest absolute Gasteiger partial charge is 0.327 e. The van der Waals surface area contributed by atoms with Crippen LogP contribution in [0.25, 0.3) is 0 Å². The van der Waals surface area contributed by atoms with Crippen LogP contribution in [0.2, 0.25) is 0 Å². The zero-order valence-electron chi connectivity index (χ0n) is 12.4. The molecule has 1 aromatic rings. The lowest BCUT2D eigenvalue weighted by molar-refractivity contribution is -0.386. The van der Waals surface area contributed by atoms with Crippen molar-refractivity contribution in [2.45, 2.75) is 53.0 Å². The number of hydrogen-bond donors (Lipinski definition) is 1. The highest BCUT2D eigenvalue weighted by molar-refractivity contribution is 5.42. The molecule has 1 aromatic heterocycles. The van der Waals surface area contributed by atoms with Crippen LogP contribution in [0.3, 0.4) is 0 Å². The molecular formula is C13H24N4O2. The maximum atomic E-state index is 11.3. The molecule has 0 amide bonds. The molecule has 0 fully saturated rings. The summed E-state index contributed by atoms with van der Waals surface area (Å²) in [7, 11) is 1.75. The Kier molecular flexibility index (Phi) is 4.68. The highest BCUT2D eigenvalue weighted by atomic mass is 16.6. The van der Waals surface area contributed by atoms with Crippen molar-refractivity contribution < 1.29 is 4.92 Å². The summed E-state index contributed by atoms with van der Waals surface area (Å²) in [6.07, 6.45) is 1.92. The Morgan fingerprint density at radius 3 is 2.47 bits per heavy atom. The van der Waals surface area contributed by atoms with Gasteiger partial charge in [-0.3, -0.25) is 14.8 Å². The molecule has 0 aromatic carbocycles. The Balaban J connectivity index is 3.16. The van der Waals surface area contributed by atoms with Gasteiger partial charge in [-0.1, -0.05) is 34.1 Å². The van der Waals surface area contributed by atoms with Crippen LogP contribution in [-0.2, 0) is 19.9 Å². The van der Waals surface area contributed by atoms with Crippen molar-refractivity contribution in [2.24, 2.45) is 18.2 Å². The first-order valence-electron chi connectivity index (χ1n) is 6.63. The van der Waals surface area contributed by atoms with Crippen LogP contribution in [-0.4, -0.2) is 20.7 Å². The van der Waals surface area contributed by atoms with Crippen LogP contribution in [0.4, 0.5) is 5.69 Å². The summed E-state index contributed by atoms with van der Waals surface area (Å²) >= 11 is 0. The van der Waals surface area contributed by atoms with E-state index in [-0.39, 0.29) is 22.1 Å². The predicted molar refractivity (Wildman–Crippen MR) is 75.0 cm³/mol.